The Labute approximate surface area is 89.6 Å². The Hall–Kier alpha value is -1.50. The number of aliphatic hydroxyl groups is 1. The summed E-state index contributed by atoms with van der Waals surface area (Å²) in [7, 11) is 1.57. The molecule has 0 aliphatic rings. The molecule has 0 heterocycles. The Kier molecular flexibility index (Phi) is 5.31. The second kappa shape index (κ2) is 6.88. The van der Waals surface area contributed by atoms with Crippen molar-refractivity contribution in [2.24, 2.45) is 0 Å². The fourth-order valence-electron chi connectivity index (χ4n) is 1.01. The maximum absolute atomic E-state index is 8.57. The molecule has 0 saturated carbocycles. The largest absolute Gasteiger partial charge is 0.468 e. The third kappa shape index (κ3) is 4.50. The van der Waals surface area contributed by atoms with E-state index in [4.69, 9.17) is 14.6 Å². The van der Waals surface area contributed by atoms with Gasteiger partial charge in [0.05, 0.1) is 6.61 Å². The van der Waals surface area contributed by atoms with Gasteiger partial charge >= 0.3 is 0 Å². The van der Waals surface area contributed by atoms with Crippen LogP contribution >= 0.6 is 0 Å². The minimum absolute atomic E-state index is 0.0901. The van der Waals surface area contributed by atoms with E-state index in [0.29, 0.717) is 6.42 Å². The molecule has 0 unspecified atom stereocenters. The summed E-state index contributed by atoms with van der Waals surface area (Å²) in [5.41, 5.74) is 0.872. The van der Waals surface area contributed by atoms with Gasteiger partial charge in [0.1, 0.15) is 5.75 Å². The van der Waals surface area contributed by atoms with E-state index in [0.717, 1.165) is 11.3 Å². The number of benzene rings is 1. The van der Waals surface area contributed by atoms with Gasteiger partial charge in [-0.05, 0) is 18.2 Å². The Balaban J connectivity index is 2.62. The van der Waals surface area contributed by atoms with Gasteiger partial charge in [-0.3, -0.25) is 0 Å². The van der Waals surface area contributed by atoms with Crippen LogP contribution in [-0.2, 0) is 4.74 Å². The molecule has 1 aromatic carbocycles. The zero-order chi connectivity index (χ0) is 10.9. The van der Waals surface area contributed by atoms with Crippen LogP contribution in [0.25, 0.3) is 0 Å². The van der Waals surface area contributed by atoms with Crippen LogP contribution in [0, 0.1) is 11.8 Å². The number of hydrogen-bond acceptors (Lipinski definition) is 3. The van der Waals surface area contributed by atoms with Crippen LogP contribution in [0.5, 0.6) is 5.75 Å². The predicted molar refractivity (Wildman–Crippen MR) is 57.5 cm³/mol. The highest BCUT2D eigenvalue weighted by Gasteiger charge is 1.93. The zero-order valence-corrected chi connectivity index (χ0v) is 8.69. The van der Waals surface area contributed by atoms with Gasteiger partial charge < -0.3 is 14.6 Å². The molecule has 1 aromatic rings. The maximum atomic E-state index is 8.57. The van der Waals surface area contributed by atoms with Gasteiger partial charge in [-0.2, -0.15) is 0 Å². The van der Waals surface area contributed by atoms with Crippen molar-refractivity contribution >= 4 is 0 Å². The zero-order valence-electron chi connectivity index (χ0n) is 8.69. The minimum Gasteiger partial charge on any atom is -0.468 e. The van der Waals surface area contributed by atoms with Crippen molar-refractivity contribution in [1.82, 2.24) is 0 Å². The molecule has 0 fully saturated rings. The van der Waals surface area contributed by atoms with E-state index < -0.39 is 0 Å². The molecule has 0 radical (unpaired) electrons. The van der Waals surface area contributed by atoms with Crippen molar-refractivity contribution in [3.63, 3.8) is 0 Å². The second-order valence-electron chi connectivity index (χ2n) is 2.85. The molecule has 3 heteroatoms. The van der Waals surface area contributed by atoms with Gasteiger partial charge in [0.15, 0.2) is 6.79 Å². The molecule has 0 aliphatic heterocycles. The standard InChI is InChI=1S/C12H14O3/c1-14-10-15-12-7-4-6-11(9-12)5-2-3-8-13/h4,6-7,9,13H,3,8,10H2,1H3. The lowest BCUT2D eigenvalue weighted by molar-refractivity contribution is 0.0511. The average Bonchev–Trinajstić information content (AvgIpc) is 2.27. The van der Waals surface area contributed by atoms with E-state index in [9.17, 15) is 0 Å². The fraction of sp³-hybridized carbons (Fsp3) is 0.333. The highest BCUT2D eigenvalue weighted by Crippen LogP contribution is 2.12. The van der Waals surface area contributed by atoms with Crippen molar-refractivity contribution < 1.29 is 14.6 Å². The van der Waals surface area contributed by atoms with Crippen LogP contribution in [0.3, 0.4) is 0 Å². The lowest BCUT2D eigenvalue weighted by Gasteiger charge is -2.03. The minimum atomic E-state index is 0.0901. The van der Waals surface area contributed by atoms with Crippen LogP contribution < -0.4 is 4.74 Å². The van der Waals surface area contributed by atoms with Crippen LogP contribution in [0.15, 0.2) is 24.3 Å². The van der Waals surface area contributed by atoms with E-state index in [1.54, 1.807) is 7.11 Å². The first kappa shape index (κ1) is 11.6. The topological polar surface area (TPSA) is 38.7 Å². The highest BCUT2D eigenvalue weighted by atomic mass is 16.7. The van der Waals surface area contributed by atoms with E-state index in [-0.39, 0.29) is 13.4 Å². The summed E-state index contributed by atoms with van der Waals surface area (Å²) in [6.45, 7) is 0.320. The molecule has 0 atom stereocenters. The van der Waals surface area contributed by atoms with Gasteiger partial charge in [0, 0.05) is 19.1 Å². The molecule has 0 aromatic heterocycles. The molecule has 1 N–H and O–H groups in total. The molecule has 0 saturated heterocycles. The summed E-state index contributed by atoms with van der Waals surface area (Å²) < 4.78 is 10.1. The molecule has 0 spiro atoms. The van der Waals surface area contributed by atoms with E-state index in [1.165, 1.54) is 0 Å². The van der Waals surface area contributed by atoms with Crippen molar-refractivity contribution in [3.05, 3.63) is 29.8 Å². The van der Waals surface area contributed by atoms with Crippen LogP contribution in [0.2, 0.25) is 0 Å². The smallest absolute Gasteiger partial charge is 0.188 e. The second-order valence-corrected chi connectivity index (χ2v) is 2.85. The Morgan fingerprint density at radius 2 is 2.27 bits per heavy atom. The lowest BCUT2D eigenvalue weighted by Crippen LogP contribution is -1.98. The number of rotatable bonds is 4. The molecule has 0 amide bonds. The van der Waals surface area contributed by atoms with Crippen molar-refractivity contribution in [2.75, 3.05) is 20.5 Å². The van der Waals surface area contributed by atoms with Crippen LogP contribution in [-0.4, -0.2) is 25.6 Å². The summed E-state index contributed by atoms with van der Waals surface area (Å²) in [6, 6.07) is 7.44. The monoisotopic (exact) mass is 206 g/mol. The van der Waals surface area contributed by atoms with Gasteiger partial charge in [0.2, 0.25) is 0 Å². The molecule has 15 heavy (non-hydrogen) atoms. The number of hydrogen-bond donors (Lipinski definition) is 1. The van der Waals surface area contributed by atoms with Crippen molar-refractivity contribution in [1.29, 1.82) is 0 Å². The summed E-state index contributed by atoms with van der Waals surface area (Å²) >= 11 is 0. The molecule has 80 valence electrons. The summed E-state index contributed by atoms with van der Waals surface area (Å²) in [5.74, 6) is 6.51. The molecule has 0 aliphatic carbocycles. The predicted octanol–water partition coefficient (Wildman–Crippen LogP) is 1.40. The number of ether oxygens (including phenoxy) is 2. The van der Waals surface area contributed by atoms with E-state index >= 15 is 0 Å². The first-order chi connectivity index (χ1) is 7.36. The Morgan fingerprint density at radius 3 is 3.00 bits per heavy atom. The van der Waals surface area contributed by atoms with Gasteiger partial charge in [0.25, 0.3) is 0 Å². The van der Waals surface area contributed by atoms with Crippen molar-refractivity contribution in [3.8, 4) is 17.6 Å². The third-order valence-electron chi connectivity index (χ3n) is 1.65. The molecular formula is C12H14O3. The Bertz CT molecular complexity index is 349. The molecular weight excluding hydrogens is 192 g/mol. The summed E-state index contributed by atoms with van der Waals surface area (Å²) in [5, 5.41) is 8.57. The molecule has 0 bridgehead atoms. The first-order valence-corrected chi connectivity index (χ1v) is 4.68. The van der Waals surface area contributed by atoms with Gasteiger partial charge in [-0.1, -0.05) is 17.9 Å². The summed E-state index contributed by atoms with van der Waals surface area (Å²) in [4.78, 5) is 0. The van der Waals surface area contributed by atoms with Crippen LogP contribution in [0.1, 0.15) is 12.0 Å². The van der Waals surface area contributed by atoms with Gasteiger partial charge in [-0.25, -0.2) is 0 Å². The average molecular weight is 206 g/mol. The lowest BCUT2D eigenvalue weighted by atomic mass is 10.2. The number of methoxy groups -OCH3 is 1. The number of aliphatic hydroxyl groups excluding tert-OH is 1. The van der Waals surface area contributed by atoms with Crippen molar-refractivity contribution in [2.45, 2.75) is 6.42 Å². The fourth-order valence-corrected chi connectivity index (χ4v) is 1.01. The third-order valence-corrected chi connectivity index (χ3v) is 1.65. The van der Waals surface area contributed by atoms with E-state index in [2.05, 4.69) is 11.8 Å². The first-order valence-electron chi connectivity index (χ1n) is 4.68. The van der Waals surface area contributed by atoms with E-state index in [1.807, 2.05) is 24.3 Å². The SMILES string of the molecule is COCOc1cccc(C#CCCO)c1. The quantitative estimate of drug-likeness (QED) is 0.598. The molecule has 3 nitrogen and oxygen atoms in total. The maximum Gasteiger partial charge on any atom is 0.188 e. The molecule has 1 rings (SSSR count). The Morgan fingerprint density at radius 1 is 1.40 bits per heavy atom. The summed E-state index contributed by atoms with van der Waals surface area (Å²) in [6.07, 6.45) is 0.489. The van der Waals surface area contributed by atoms with Crippen LogP contribution in [0.4, 0.5) is 0 Å². The van der Waals surface area contributed by atoms with Gasteiger partial charge in [-0.15, -0.1) is 0 Å². The highest BCUT2D eigenvalue weighted by molar-refractivity contribution is 5.39. The normalized spacial score (nSPS) is 9.20.